The Bertz CT molecular complexity index is 2110. The van der Waals surface area contributed by atoms with Gasteiger partial charge in [0.25, 0.3) is 0 Å². The van der Waals surface area contributed by atoms with E-state index in [1.54, 1.807) is 0 Å². The highest BCUT2D eigenvalue weighted by Crippen LogP contribution is 2.32. The Kier molecular flexibility index (Phi) is 15.2. The van der Waals surface area contributed by atoms with Crippen LogP contribution in [0.15, 0.2) is 164 Å². The van der Waals surface area contributed by atoms with Crippen molar-refractivity contribution in [3.05, 3.63) is 145 Å². The zero-order valence-corrected chi connectivity index (χ0v) is 33.7. The molecule has 296 valence electrons. The molecule has 0 fully saturated rings. The van der Waals surface area contributed by atoms with Crippen molar-refractivity contribution >= 4 is 34.1 Å². The SMILES string of the molecule is CCCCCOc1ccc(Oc2ccc(N=Nc3ccc(N=Nc4ccc(N=Nc5ccc(Oc6ccc(OCCCCC)cc6)cc5C)cc4)cc3)c(C)c2)cc1. The van der Waals surface area contributed by atoms with Crippen molar-refractivity contribution in [1.82, 2.24) is 0 Å². The lowest BCUT2D eigenvalue weighted by Crippen LogP contribution is -1.96. The molecule has 0 atom stereocenters. The highest BCUT2D eigenvalue weighted by molar-refractivity contribution is 5.53. The summed E-state index contributed by atoms with van der Waals surface area (Å²) in [5, 5.41) is 26.5. The number of aryl methyl sites for hydroxylation is 2. The summed E-state index contributed by atoms with van der Waals surface area (Å²) in [6.45, 7) is 9.79. The van der Waals surface area contributed by atoms with Crippen LogP contribution < -0.4 is 18.9 Å². The average Bonchev–Trinajstić information content (AvgIpc) is 3.24. The van der Waals surface area contributed by atoms with E-state index in [-0.39, 0.29) is 0 Å². The molecule has 0 aliphatic heterocycles. The molecule has 0 aliphatic carbocycles. The number of hydrogen-bond donors (Lipinski definition) is 0. The molecule has 0 heterocycles. The zero-order chi connectivity index (χ0) is 40.4. The van der Waals surface area contributed by atoms with Gasteiger partial charge in [0.05, 0.1) is 47.3 Å². The summed E-state index contributed by atoms with van der Waals surface area (Å²) in [5.74, 6) is 4.64. The molecular weight excluding hydrogens is 725 g/mol. The van der Waals surface area contributed by atoms with Gasteiger partial charge in [0, 0.05) is 0 Å². The van der Waals surface area contributed by atoms with E-state index in [0.717, 1.165) is 83.1 Å². The van der Waals surface area contributed by atoms with Gasteiger partial charge in [-0.15, -0.1) is 0 Å². The Hall–Kier alpha value is -6.68. The Morgan fingerprint density at radius 1 is 0.345 bits per heavy atom. The van der Waals surface area contributed by atoms with Crippen LogP contribution in [0.5, 0.6) is 34.5 Å². The molecule has 0 unspecified atom stereocenters. The van der Waals surface area contributed by atoms with Crippen LogP contribution in [0.25, 0.3) is 0 Å². The number of unbranched alkanes of at least 4 members (excludes halogenated alkanes) is 4. The smallest absolute Gasteiger partial charge is 0.127 e. The fraction of sp³-hybridized carbons (Fsp3) is 0.250. The van der Waals surface area contributed by atoms with Crippen molar-refractivity contribution in [2.24, 2.45) is 30.7 Å². The topological polar surface area (TPSA) is 111 Å². The maximum atomic E-state index is 6.05. The fourth-order valence-corrected chi connectivity index (χ4v) is 5.68. The number of ether oxygens (including phenoxy) is 4. The summed E-state index contributed by atoms with van der Waals surface area (Å²) in [4.78, 5) is 0. The minimum atomic E-state index is 0.697. The molecule has 58 heavy (non-hydrogen) atoms. The highest BCUT2D eigenvalue weighted by Gasteiger charge is 2.06. The molecule has 0 aromatic heterocycles. The second-order valence-electron chi connectivity index (χ2n) is 13.8. The molecule has 10 heteroatoms. The zero-order valence-electron chi connectivity index (χ0n) is 33.7. The van der Waals surface area contributed by atoms with E-state index < -0.39 is 0 Å². The van der Waals surface area contributed by atoms with E-state index >= 15 is 0 Å². The number of nitrogens with zero attached hydrogens (tertiary/aromatic N) is 6. The number of rotatable bonds is 20. The molecule has 6 rings (SSSR count). The molecule has 10 nitrogen and oxygen atoms in total. The van der Waals surface area contributed by atoms with Crippen LogP contribution >= 0.6 is 0 Å². The first-order chi connectivity index (χ1) is 28.4. The van der Waals surface area contributed by atoms with Gasteiger partial charge >= 0.3 is 0 Å². The number of azo groups is 3. The molecule has 0 spiro atoms. The summed E-state index contributed by atoms with van der Waals surface area (Å²) < 4.78 is 23.7. The third-order valence-corrected chi connectivity index (χ3v) is 9.02. The van der Waals surface area contributed by atoms with Gasteiger partial charge in [-0.25, -0.2) is 0 Å². The van der Waals surface area contributed by atoms with E-state index in [1.165, 1.54) is 25.7 Å². The summed E-state index contributed by atoms with van der Waals surface area (Å²) in [6, 6.07) is 41.7. The van der Waals surface area contributed by atoms with Gasteiger partial charge in [0.15, 0.2) is 0 Å². The second kappa shape index (κ2) is 21.6. The first-order valence-electron chi connectivity index (χ1n) is 19.9. The largest absolute Gasteiger partial charge is 0.494 e. The van der Waals surface area contributed by atoms with Gasteiger partial charge in [-0.2, -0.15) is 30.7 Å². The lowest BCUT2D eigenvalue weighted by molar-refractivity contribution is 0.305. The average molecular weight is 775 g/mol. The van der Waals surface area contributed by atoms with Crippen molar-refractivity contribution in [3.8, 4) is 34.5 Å². The van der Waals surface area contributed by atoms with Gasteiger partial charge in [-0.3, -0.25) is 0 Å². The van der Waals surface area contributed by atoms with Crippen molar-refractivity contribution in [3.63, 3.8) is 0 Å². The van der Waals surface area contributed by atoms with E-state index in [2.05, 4.69) is 44.5 Å². The quantitative estimate of drug-likeness (QED) is 0.0568. The van der Waals surface area contributed by atoms with Crippen molar-refractivity contribution in [1.29, 1.82) is 0 Å². The number of hydrogen-bond acceptors (Lipinski definition) is 10. The number of benzene rings is 6. The van der Waals surface area contributed by atoms with Crippen LogP contribution in [0, 0.1) is 13.8 Å². The predicted molar refractivity (Wildman–Crippen MR) is 231 cm³/mol. The van der Waals surface area contributed by atoms with Crippen LogP contribution in [-0.4, -0.2) is 13.2 Å². The second-order valence-corrected chi connectivity index (χ2v) is 13.8. The van der Waals surface area contributed by atoms with Crippen molar-refractivity contribution < 1.29 is 18.9 Å². The minimum Gasteiger partial charge on any atom is -0.494 e. The molecule has 0 bridgehead atoms. The van der Waals surface area contributed by atoms with E-state index in [9.17, 15) is 0 Å². The van der Waals surface area contributed by atoms with Crippen LogP contribution in [0.2, 0.25) is 0 Å². The Labute approximate surface area is 341 Å². The summed E-state index contributed by atoms with van der Waals surface area (Å²) in [5.41, 5.74) is 6.22. The van der Waals surface area contributed by atoms with Gasteiger partial charge in [-0.05, 0) is 171 Å². The van der Waals surface area contributed by atoms with Crippen LogP contribution in [0.4, 0.5) is 34.1 Å². The predicted octanol–water partition coefficient (Wildman–Crippen LogP) is 16.3. The minimum absolute atomic E-state index is 0.697. The molecule has 0 aliphatic rings. The van der Waals surface area contributed by atoms with E-state index in [0.29, 0.717) is 22.7 Å². The standard InChI is InChI=1S/C48H50N6O4/c1-5-7-9-31-55-41-19-23-43(24-20-41)57-45-27-29-47(35(3)33-45)53-51-39-15-11-37(12-16-39)49-50-38-13-17-40(18-14-38)52-54-48-30-28-46(34-36(48)4)58-44-25-21-42(22-26-44)56-32-10-8-6-2/h11-30,33-34H,5-10,31-32H2,1-4H3. The highest BCUT2D eigenvalue weighted by atomic mass is 16.5. The summed E-state index contributed by atoms with van der Waals surface area (Å²) >= 11 is 0. The fourth-order valence-electron chi connectivity index (χ4n) is 5.68. The summed E-state index contributed by atoms with van der Waals surface area (Å²) in [7, 11) is 0. The van der Waals surface area contributed by atoms with Gasteiger partial charge < -0.3 is 18.9 Å². The monoisotopic (exact) mass is 774 g/mol. The third kappa shape index (κ3) is 12.9. The normalized spacial score (nSPS) is 11.4. The Balaban J connectivity index is 0.957. The molecule has 0 saturated carbocycles. The molecule has 0 saturated heterocycles. The molecule has 0 radical (unpaired) electrons. The maximum Gasteiger partial charge on any atom is 0.127 e. The van der Waals surface area contributed by atoms with Crippen molar-refractivity contribution in [2.45, 2.75) is 66.2 Å². The Morgan fingerprint density at radius 3 is 0.983 bits per heavy atom. The van der Waals surface area contributed by atoms with Crippen LogP contribution in [0.3, 0.4) is 0 Å². The summed E-state index contributed by atoms with van der Waals surface area (Å²) in [6.07, 6.45) is 6.82. The van der Waals surface area contributed by atoms with E-state index in [4.69, 9.17) is 18.9 Å². The molecule has 6 aromatic rings. The first kappa shape index (κ1) is 41.0. The molecular formula is C48H50N6O4. The molecule has 6 aromatic carbocycles. The van der Waals surface area contributed by atoms with Gasteiger partial charge in [0.1, 0.15) is 34.5 Å². The lowest BCUT2D eigenvalue weighted by atomic mass is 10.2. The van der Waals surface area contributed by atoms with Crippen LogP contribution in [-0.2, 0) is 0 Å². The lowest BCUT2D eigenvalue weighted by Gasteiger charge is -2.09. The molecule has 0 amide bonds. The van der Waals surface area contributed by atoms with Gasteiger partial charge in [-0.1, -0.05) is 39.5 Å². The van der Waals surface area contributed by atoms with E-state index in [1.807, 2.05) is 147 Å². The van der Waals surface area contributed by atoms with Crippen LogP contribution in [0.1, 0.15) is 63.5 Å². The molecule has 0 N–H and O–H groups in total. The third-order valence-electron chi connectivity index (χ3n) is 9.02. The first-order valence-corrected chi connectivity index (χ1v) is 19.9. The van der Waals surface area contributed by atoms with Gasteiger partial charge in [0.2, 0.25) is 0 Å². The Morgan fingerprint density at radius 2 is 0.655 bits per heavy atom. The van der Waals surface area contributed by atoms with Crippen molar-refractivity contribution in [2.75, 3.05) is 13.2 Å². The maximum absolute atomic E-state index is 6.05.